The maximum Gasteiger partial charge on any atom is 0.0783 e. The van der Waals surface area contributed by atoms with E-state index in [0.717, 1.165) is 0 Å². The molecule has 0 unspecified atom stereocenters. The summed E-state index contributed by atoms with van der Waals surface area (Å²) in [4.78, 5) is 9.87. The van der Waals surface area contributed by atoms with Crippen molar-refractivity contribution in [3.05, 3.63) is 0 Å². The molecule has 5 nitrogen and oxygen atoms in total. The molecule has 0 spiro atoms. The Balaban J connectivity index is 0. The van der Waals surface area contributed by atoms with Gasteiger partial charge in [0.05, 0.1) is 46.0 Å². The first-order chi connectivity index (χ1) is 11.5. The van der Waals surface area contributed by atoms with Gasteiger partial charge < -0.3 is 23.9 Å². The minimum atomic E-state index is -1.08. The van der Waals surface area contributed by atoms with Crippen molar-refractivity contribution in [2.24, 2.45) is 0 Å². The van der Waals surface area contributed by atoms with Gasteiger partial charge in [-0.1, -0.05) is 27.7 Å². The Morgan fingerprint density at radius 1 is 0.750 bits per heavy atom. The lowest BCUT2D eigenvalue weighted by Gasteiger charge is -2.38. The average molecular weight is 348 g/mol. The third-order valence-electron chi connectivity index (χ3n) is 3.82. The van der Waals surface area contributed by atoms with Crippen LogP contribution < -0.4 is 5.11 Å². The Hall–Kier alpha value is -0.650. The highest BCUT2D eigenvalue weighted by molar-refractivity contribution is 5.64. The van der Waals surface area contributed by atoms with Crippen molar-refractivity contribution >= 4 is 5.97 Å². The van der Waals surface area contributed by atoms with Crippen molar-refractivity contribution in [2.45, 2.75) is 66.7 Å². The van der Waals surface area contributed by atoms with E-state index in [2.05, 4.69) is 27.7 Å². The number of quaternary nitrogens is 1. The van der Waals surface area contributed by atoms with Crippen LogP contribution in [-0.2, 0) is 14.3 Å². The fourth-order valence-corrected chi connectivity index (χ4v) is 3.09. The lowest BCUT2D eigenvalue weighted by molar-refractivity contribution is -0.928. The second-order valence-corrected chi connectivity index (χ2v) is 6.17. The predicted molar refractivity (Wildman–Crippen MR) is 97.8 cm³/mol. The topological polar surface area (TPSA) is 58.6 Å². The normalized spacial score (nSPS) is 11.0. The van der Waals surface area contributed by atoms with E-state index < -0.39 is 5.97 Å². The van der Waals surface area contributed by atoms with Crippen LogP contribution in [-0.4, -0.2) is 63.1 Å². The quantitative estimate of drug-likeness (QED) is 0.337. The highest BCUT2D eigenvalue weighted by atomic mass is 16.5. The van der Waals surface area contributed by atoms with E-state index >= 15 is 0 Å². The van der Waals surface area contributed by atoms with Crippen molar-refractivity contribution < 1.29 is 23.9 Å². The maximum absolute atomic E-state index is 9.87. The summed E-state index contributed by atoms with van der Waals surface area (Å²) in [5, 5.41) is 9.87. The zero-order chi connectivity index (χ0) is 18.7. The first kappa shape index (κ1) is 25.6. The molecule has 0 heterocycles. The molecule has 0 bridgehead atoms. The molecule has 0 aliphatic carbocycles. The molecule has 0 aromatic rings. The molecule has 5 heteroatoms. The fraction of sp³-hybridized carbons (Fsp3) is 0.947. The van der Waals surface area contributed by atoms with Gasteiger partial charge >= 0.3 is 0 Å². The van der Waals surface area contributed by atoms with Crippen molar-refractivity contribution in [3.8, 4) is 0 Å². The summed E-state index contributed by atoms with van der Waals surface area (Å²) in [6.45, 7) is 18.5. The summed E-state index contributed by atoms with van der Waals surface area (Å²) in [5.41, 5.74) is 0. The van der Waals surface area contributed by atoms with Gasteiger partial charge in [0.1, 0.15) is 0 Å². The van der Waals surface area contributed by atoms with Gasteiger partial charge in [-0.3, -0.25) is 0 Å². The molecule has 0 rings (SSSR count). The molecule has 0 radical (unpaired) electrons. The van der Waals surface area contributed by atoms with Gasteiger partial charge in [-0.05, 0) is 32.6 Å². The zero-order valence-electron chi connectivity index (χ0n) is 16.8. The van der Waals surface area contributed by atoms with Crippen LogP contribution in [0.2, 0.25) is 0 Å². The minimum absolute atomic E-state index is 0.0495. The number of carbonyl (C=O) groups is 1. The van der Waals surface area contributed by atoms with E-state index in [1.54, 1.807) is 0 Å². The van der Waals surface area contributed by atoms with Crippen molar-refractivity contribution in [3.63, 3.8) is 0 Å². The molecule has 0 aliphatic rings. The highest BCUT2D eigenvalue weighted by Gasteiger charge is 2.22. The molecule has 0 aromatic heterocycles. The van der Waals surface area contributed by atoms with E-state index in [0.29, 0.717) is 19.8 Å². The molecule has 0 amide bonds. The third kappa shape index (κ3) is 16.2. The second-order valence-electron chi connectivity index (χ2n) is 6.17. The van der Waals surface area contributed by atoms with Gasteiger partial charge in [0, 0.05) is 19.0 Å². The average Bonchev–Trinajstić information content (AvgIpc) is 2.52. The number of carboxylic acids is 1. The summed E-state index contributed by atoms with van der Waals surface area (Å²) >= 11 is 0. The molecule has 0 fully saturated rings. The monoisotopic (exact) mass is 347 g/mol. The molecule has 0 N–H and O–H groups in total. The standard InChI is InChI=1S/C12H28N.C7H14O4/c1-5-9-13(10-6-2,11-7-3)12-8-4;1-2-10-5-6-11-4-3-7(8)9/h5-12H2,1-4H3;2-6H2,1H3,(H,8,9)/q+1;/p-1. The van der Waals surface area contributed by atoms with Crippen LogP contribution in [0.1, 0.15) is 66.7 Å². The summed E-state index contributed by atoms with van der Waals surface area (Å²) in [6, 6.07) is 0. The molecule has 0 aliphatic heterocycles. The molecule has 146 valence electrons. The van der Waals surface area contributed by atoms with Crippen molar-refractivity contribution in [2.75, 3.05) is 52.6 Å². The van der Waals surface area contributed by atoms with Crippen LogP contribution in [0, 0.1) is 0 Å². The molecular weight excluding hydrogens is 306 g/mol. The van der Waals surface area contributed by atoms with Crippen LogP contribution in [0.3, 0.4) is 0 Å². The van der Waals surface area contributed by atoms with Crippen LogP contribution in [0.15, 0.2) is 0 Å². The van der Waals surface area contributed by atoms with Crippen LogP contribution in [0.5, 0.6) is 0 Å². The van der Waals surface area contributed by atoms with Gasteiger partial charge in [-0.15, -0.1) is 0 Å². The zero-order valence-corrected chi connectivity index (χ0v) is 16.8. The molecule has 24 heavy (non-hydrogen) atoms. The largest absolute Gasteiger partial charge is 0.550 e. The number of aliphatic carboxylic acids is 1. The van der Waals surface area contributed by atoms with Crippen LogP contribution in [0.4, 0.5) is 0 Å². The van der Waals surface area contributed by atoms with Crippen LogP contribution in [0.25, 0.3) is 0 Å². The number of rotatable bonds is 15. The molecule has 0 saturated carbocycles. The fourth-order valence-electron chi connectivity index (χ4n) is 3.09. The van der Waals surface area contributed by atoms with Crippen molar-refractivity contribution in [1.82, 2.24) is 0 Å². The smallest absolute Gasteiger partial charge is 0.0783 e. The minimum Gasteiger partial charge on any atom is -0.550 e. The lowest BCUT2D eigenvalue weighted by atomic mass is 10.2. The van der Waals surface area contributed by atoms with Gasteiger partial charge in [0.15, 0.2) is 0 Å². The van der Waals surface area contributed by atoms with E-state index in [1.807, 2.05) is 6.92 Å². The van der Waals surface area contributed by atoms with E-state index in [4.69, 9.17) is 9.47 Å². The van der Waals surface area contributed by atoms with E-state index in [1.165, 1.54) is 56.3 Å². The van der Waals surface area contributed by atoms with Crippen molar-refractivity contribution in [1.29, 1.82) is 0 Å². The first-order valence-corrected chi connectivity index (χ1v) is 9.72. The molecule has 0 aromatic carbocycles. The number of hydrogen-bond donors (Lipinski definition) is 0. The summed E-state index contributed by atoms with van der Waals surface area (Å²) in [5.74, 6) is -1.08. The molecule has 0 atom stereocenters. The Morgan fingerprint density at radius 3 is 1.50 bits per heavy atom. The van der Waals surface area contributed by atoms with Gasteiger partial charge in [0.25, 0.3) is 0 Å². The summed E-state index contributed by atoms with van der Waals surface area (Å²) in [6.07, 6.45) is 5.28. The predicted octanol–water partition coefficient (Wildman–Crippen LogP) is 2.62. The number of hydrogen-bond acceptors (Lipinski definition) is 4. The Labute approximate surface area is 149 Å². The van der Waals surface area contributed by atoms with Gasteiger partial charge in [-0.2, -0.15) is 0 Å². The lowest BCUT2D eigenvalue weighted by Crippen LogP contribution is -2.50. The van der Waals surface area contributed by atoms with Gasteiger partial charge in [-0.25, -0.2) is 0 Å². The second kappa shape index (κ2) is 18.7. The van der Waals surface area contributed by atoms with Crippen LogP contribution >= 0.6 is 0 Å². The van der Waals surface area contributed by atoms with E-state index in [9.17, 15) is 9.90 Å². The number of carboxylic acid groups (broad SMARTS) is 1. The Bertz CT molecular complexity index is 243. The Kier molecular flexibility index (Phi) is 19.9. The highest BCUT2D eigenvalue weighted by Crippen LogP contribution is 2.12. The summed E-state index contributed by atoms with van der Waals surface area (Å²) < 4.78 is 11.2. The third-order valence-corrected chi connectivity index (χ3v) is 3.82. The number of ether oxygens (including phenoxy) is 2. The number of nitrogens with zero attached hydrogens (tertiary/aromatic N) is 1. The maximum atomic E-state index is 9.87. The van der Waals surface area contributed by atoms with E-state index in [-0.39, 0.29) is 13.0 Å². The van der Waals surface area contributed by atoms with Gasteiger partial charge in [0.2, 0.25) is 0 Å². The SMILES string of the molecule is CCC[N+](CCC)(CCC)CCC.CCOCCOCCC(=O)[O-]. The number of carbonyl (C=O) groups excluding carboxylic acids is 1. The first-order valence-electron chi connectivity index (χ1n) is 9.72. The molecule has 0 saturated heterocycles. The Morgan fingerprint density at radius 2 is 1.17 bits per heavy atom. The summed E-state index contributed by atoms with van der Waals surface area (Å²) in [7, 11) is 0. The molecular formula is C19H41NO4.